The van der Waals surface area contributed by atoms with Gasteiger partial charge in [-0.15, -0.1) is 0 Å². The molecule has 0 aliphatic heterocycles. The molecule has 0 unspecified atom stereocenters. The van der Waals surface area contributed by atoms with Gasteiger partial charge in [-0.3, -0.25) is 0 Å². The molecular weight excluding hydrogens is 207 g/mol. The van der Waals surface area contributed by atoms with Gasteiger partial charge in [-0.1, -0.05) is 23.2 Å². The van der Waals surface area contributed by atoms with Crippen LogP contribution in [0.4, 0.5) is 0 Å². The molecule has 13 heavy (non-hydrogen) atoms. The van der Waals surface area contributed by atoms with Gasteiger partial charge in [0.1, 0.15) is 0 Å². The average molecular weight is 213 g/mol. The van der Waals surface area contributed by atoms with E-state index in [2.05, 4.69) is 0 Å². The third-order valence-electron chi connectivity index (χ3n) is 1.46. The van der Waals surface area contributed by atoms with Gasteiger partial charge in [0.25, 0.3) is 0 Å². The zero-order valence-electron chi connectivity index (χ0n) is 6.59. The summed E-state index contributed by atoms with van der Waals surface area (Å²) in [6, 6.07) is 6.75. The summed E-state index contributed by atoms with van der Waals surface area (Å²) in [5.74, 6) is 0. The Morgan fingerprint density at radius 3 is 2.69 bits per heavy atom. The second kappa shape index (κ2) is 4.18. The first-order valence-corrected chi connectivity index (χ1v) is 4.21. The van der Waals surface area contributed by atoms with Crippen molar-refractivity contribution < 1.29 is 0 Å². The summed E-state index contributed by atoms with van der Waals surface area (Å²) in [5.41, 5.74) is 6.52. The predicted molar refractivity (Wildman–Crippen MR) is 54.2 cm³/mol. The molecule has 0 aliphatic carbocycles. The average Bonchev–Trinajstić information content (AvgIpc) is 2.04. The third-order valence-corrected chi connectivity index (χ3v) is 2.01. The van der Waals surface area contributed by atoms with E-state index in [9.17, 15) is 0 Å². The highest BCUT2D eigenvalue weighted by molar-refractivity contribution is 6.35. The van der Waals surface area contributed by atoms with Gasteiger partial charge in [-0.2, -0.15) is 5.26 Å². The minimum absolute atomic E-state index is 0.337. The number of halogens is 2. The topological polar surface area (TPSA) is 49.8 Å². The van der Waals surface area contributed by atoms with Crippen LogP contribution in [-0.4, -0.2) is 0 Å². The zero-order valence-corrected chi connectivity index (χ0v) is 8.10. The van der Waals surface area contributed by atoms with Gasteiger partial charge in [-0.05, 0) is 18.2 Å². The number of hydrogen-bond acceptors (Lipinski definition) is 2. The molecule has 0 amide bonds. The first kappa shape index (κ1) is 9.91. The van der Waals surface area contributed by atoms with Gasteiger partial charge in [0.2, 0.25) is 0 Å². The van der Waals surface area contributed by atoms with Crippen molar-refractivity contribution in [2.45, 2.75) is 0 Å². The lowest BCUT2D eigenvalue weighted by Gasteiger charge is -2.02. The molecular formula is C9H6Cl2N2. The molecule has 0 saturated carbocycles. The summed E-state index contributed by atoms with van der Waals surface area (Å²) in [4.78, 5) is 0. The number of rotatable bonds is 1. The van der Waals surface area contributed by atoms with Gasteiger partial charge in [0, 0.05) is 16.7 Å². The van der Waals surface area contributed by atoms with Gasteiger partial charge in [-0.25, -0.2) is 0 Å². The van der Waals surface area contributed by atoms with Crippen LogP contribution in [0.5, 0.6) is 0 Å². The standard InChI is InChI=1S/C9H6Cl2N2/c10-6-1-2-7(8(11)5-6)9(13)3-4-12/h1-3,5H,13H2/b9-3+. The van der Waals surface area contributed by atoms with Gasteiger partial charge in [0.15, 0.2) is 0 Å². The molecule has 1 rings (SSSR count). The fourth-order valence-electron chi connectivity index (χ4n) is 0.871. The van der Waals surface area contributed by atoms with Crippen molar-refractivity contribution in [1.29, 1.82) is 5.26 Å². The first-order valence-electron chi connectivity index (χ1n) is 3.46. The number of nitrogens with two attached hydrogens (primary N) is 1. The molecule has 1 aromatic rings. The molecule has 0 aliphatic rings. The summed E-state index contributed by atoms with van der Waals surface area (Å²) in [7, 11) is 0. The van der Waals surface area contributed by atoms with E-state index < -0.39 is 0 Å². The Balaban J connectivity index is 3.18. The maximum Gasteiger partial charge on any atom is 0.0933 e. The minimum atomic E-state index is 0.337. The largest absolute Gasteiger partial charge is 0.398 e. The molecule has 2 nitrogen and oxygen atoms in total. The second-order valence-corrected chi connectivity index (χ2v) is 3.20. The summed E-state index contributed by atoms with van der Waals surface area (Å²) in [5, 5.41) is 9.35. The molecule has 0 spiro atoms. The molecule has 0 radical (unpaired) electrons. The predicted octanol–water partition coefficient (Wildman–Crippen LogP) is 2.82. The number of allylic oxidation sites excluding steroid dienone is 1. The maximum atomic E-state index is 8.37. The van der Waals surface area contributed by atoms with E-state index in [-0.39, 0.29) is 0 Å². The molecule has 1 aromatic carbocycles. The highest BCUT2D eigenvalue weighted by Gasteiger charge is 2.02. The fraction of sp³-hybridized carbons (Fsp3) is 0. The van der Waals surface area contributed by atoms with Crippen LogP contribution in [0, 0.1) is 11.3 Å². The molecule has 2 N–H and O–H groups in total. The Morgan fingerprint density at radius 1 is 1.46 bits per heavy atom. The van der Waals surface area contributed by atoms with Crippen LogP contribution < -0.4 is 5.73 Å². The zero-order chi connectivity index (χ0) is 9.84. The number of nitriles is 1. The Bertz CT molecular complexity index is 391. The molecule has 0 bridgehead atoms. The lowest BCUT2D eigenvalue weighted by Crippen LogP contribution is -1.96. The summed E-state index contributed by atoms with van der Waals surface area (Å²) < 4.78 is 0. The van der Waals surface area contributed by atoms with Crippen molar-refractivity contribution in [2.75, 3.05) is 0 Å². The lowest BCUT2D eigenvalue weighted by molar-refractivity contribution is 1.49. The molecule has 66 valence electrons. The van der Waals surface area contributed by atoms with E-state index in [1.807, 2.05) is 6.07 Å². The molecule has 0 saturated heterocycles. The van der Waals surface area contributed by atoms with E-state index >= 15 is 0 Å². The summed E-state index contributed by atoms with van der Waals surface area (Å²) >= 11 is 11.5. The van der Waals surface area contributed by atoms with Crippen LogP contribution in [0.25, 0.3) is 5.70 Å². The molecule has 4 heteroatoms. The van der Waals surface area contributed by atoms with Crippen LogP contribution in [0.15, 0.2) is 24.3 Å². The van der Waals surface area contributed by atoms with Crippen molar-refractivity contribution in [3.8, 4) is 6.07 Å². The van der Waals surface area contributed by atoms with E-state index in [0.29, 0.717) is 21.3 Å². The van der Waals surface area contributed by atoms with Crippen LogP contribution in [0.1, 0.15) is 5.56 Å². The van der Waals surface area contributed by atoms with Crippen LogP contribution >= 0.6 is 23.2 Å². The van der Waals surface area contributed by atoms with Crippen LogP contribution in [-0.2, 0) is 0 Å². The highest BCUT2D eigenvalue weighted by Crippen LogP contribution is 2.24. The van der Waals surface area contributed by atoms with E-state index in [0.717, 1.165) is 0 Å². The molecule has 0 aromatic heterocycles. The molecule has 0 atom stereocenters. The normalized spacial score (nSPS) is 11.0. The van der Waals surface area contributed by atoms with Crippen LogP contribution in [0.3, 0.4) is 0 Å². The Kier molecular flexibility index (Phi) is 3.18. The summed E-state index contributed by atoms with van der Waals surface area (Å²) in [6.45, 7) is 0. The van der Waals surface area contributed by atoms with E-state index in [1.165, 1.54) is 6.08 Å². The quantitative estimate of drug-likeness (QED) is 0.729. The number of hydrogen-bond donors (Lipinski definition) is 1. The molecule has 0 heterocycles. The van der Waals surface area contributed by atoms with Crippen molar-refractivity contribution >= 4 is 28.9 Å². The molecule has 0 fully saturated rings. The third kappa shape index (κ3) is 2.38. The van der Waals surface area contributed by atoms with Crippen molar-refractivity contribution in [2.24, 2.45) is 5.73 Å². The lowest BCUT2D eigenvalue weighted by atomic mass is 10.1. The number of benzene rings is 1. The Morgan fingerprint density at radius 2 is 2.15 bits per heavy atom. The van der Waals surface area contributed by atoms with Gasteiger partial charge >= 0.3 is 0 Å². The smallest absolute Gasteiger partial charge is 0.0933 e. The van der Waals surface area contributed by atoms with Gasteiger partial charge in [0.05, 0.1) is 16.8 Å². The van der Waals surface area contributed by atoms with E-state index in [4.69, 9.17) is 34.2 Å². The van der Waals surface area contributed by atoms with Crippen molar-refractivity contribution in [3.05, 3.63) is 39.9 Å². The summed E-state index contributed by atoms with van der Waals surface area (Å²) in [6.07, 6.45) is 1.23. The number of nitrogens with zero attached hydrogens (tertiary/aromatic N) is 1. The van der Waals surface area contributed by atoms with Crippen LogP contribution in [0.2, 0.25) is 10.0 Å². The van der Waals surface area contributed by atoms with Gasteiger partial charge < -0.3 is 5.73 Å². The Labute approximate surface area is 86.2 Å². The SMILES string of the molecule is N#C/C=C(/N)c1ccc(Cl)cc1Cl. The minimum Gasteiger partial charge on any atom is -0.398 e. The van der Waals surface area contributed by atoms with E-state index in [1.54, 1.807) is 18.2 Å². The maximum absolute atomic E-state index is 8.37. The monoisotopic (exact) mass is 212 g/mol. The van der Waals surface area contributed by atoms with Crippen molar-refractivity contribution in [3.63, 3.8) is 0 Å². The first-order chi connectivity index (χ1) is 6.15. The van der Waals surface area contributed by atoms with Crippen molar-refractivity contribution in [1.82, 2.24) is 0 Å². The fourth-order valence-corrected chi connectivity index (χ4v) is 1.39. The second-order valence-electron chi connectivity index (χ2n) is 2.35. The highest BCUT2D eigenvalue weighted by atomic mass is 35.5. The Hall–Kier alpha value is -1.17.